The van der Waals surface area contributed by atoms with Crippen LogP contribution in [0, 0.1) is 5.92 Å². The minimum absolute atomic E-state index is 0.0803. The summed E-state index contributed by atoms with van der Waals surface area (Å²) < 4.78 is 0. The van der Waals surface area contributed by atoms with Crippen LogP contribution >= 0.6 is 0 Å². The molecule has 1 fully saturated rings. The highest BCUT2D eigenvalue weighted by atomic mass is 15.3. The van der Waals surface area contributed by atoms with Gasteiger partial charge in [-0.2, -0.15) is 0 Å². The lowest BCUT2D eigenvalue weighted by atomic mass is 9.97. The van der Waals surface area contributed by atoms with Gasteiger partial charge in [0, 0.05) is 37.8 Å². The summed E-state index contributed by atoms with van der Waals surface area (Å²) >= 11 is 0. The van der Waals surface area contributed by atoms with Crippen LogP contribution in [0.4, 0.5) is 0 Å². The van der Waals surface area contributed by atoms with E-state index in [-0.39, 0.29) is 5.54 Å². The van der Waals surface area contributed by atoms with Crippen LogP contribution in [-0.2, 0) is 0 Å². The van der Waals surface area contributed by atoms with Crippen LogP contribution in [0.1, 0.15) is 27.7 Å². The molecule has 1 aliphatic heterocycles. The van der Waals surface area contributed by atoms with Crippen molar-refractivity contribution in [2.45, 2.75) is 39.3 Å². The Morgan fingerprint density at radius 2 is 1.93 bits per heavy atom. The van der Waals surface area contributed by atoms with Gasteiger partial charge in [0.05, 0.1) is 0 Å². The first kappa shape index (κ1) is 12.9. The minimum atomic E-state index is -0.0803. The number of piperazine rings is 1. The number of nitrogens with two attached hydrogens (primary N) is 1. The third kappa shape index (κ3) is 4.09. The van der Waals surface area contributed by atoms with Gasteiger partial charge in [0.2, 0.25) is 0 Å². The maximum absolute atomic E-state index is 6.11. The predicted octanol–water partition coefficient (Wildman–Crippen LogP) is 0.996. The number of likely N-dealkylation sites (N-methyl/N-ethyl adjacent to an activating group) is 1. The molecule has 0 aliphatic carbocycles. The standard InChI is InChI=1S/C12H27N3/c1-10(2)11-8-14(5)6-7-15(11)9-12(3,4)13/h10-11H,6-9,13H2,1-5H3. The zero-order valence-electron chi connectivity index (χ0n) is 11.0. The Kier molecular flexibility index (Phi) is 4.15. The fourth-order valence-corrected chi connectivity index (χ4v) is 2.34. The molecule has 1 atom stereocenters. The molecule has 3 nitrogen and oxygen atoms in total. The molecule has 1 unspecified atom stereocenters. The van der Waals surface area contributed by atoms with Crippen molar-refractivity contribution in [3.8, 4) is 0 Å². The third-order valence-electron chi connectivity index (χ3n) is 3.12. The Hall–Kier alpha value is -0.120. The van der Waals surface area contributed by atoms with Crippen molar-refractivity contribution in [2.24, 2.45) is 11.7 Å². The van der Waals surface area contributed by atoms with Crippen molar-refractivity contribution in [3.63, 3.8) is 0 Å². The van der Waals surface area contributed by atoms with Gasteiger partial charge in [0.15, 0.2) is 0 Å². The lowest BCUT2D eigenvalue weighted by Crippen LogP contribution is -2.58. The van der Waals surface area contributed by atoms with Crippen LogP contribution < -0.4 is 5.73 Å². The Labute approximate surface area is 94.6 Å². The second kappa shape index (κ2) is 4.81. The Morgan fingerprint density at radius 3 is 2.40 bits per heavy atom. The highest BCUT2D eigenvalue weighted by molar-refractivity contribution is 4.87. The first-order valence-corrected chi connectivity index (χ1v) is 6.01. The summed E-state index contributed by atoms with van der Waals surface area (Å²) in [6.07, 6.45) is 0. The van der Waals surface area contributed by atoms with Gasteiger partial charge in [0.25, 0.3) is 0 Å². The Morgan fingerprint density at radius 1 is 1.33 bits per heavy atom. The molecule has 1 heterocycles. The molecule has 1 aliphatic rings. The monoisotopic (exact) mass is 213 g/mol. The average molecular weight is 213 g/mol. The maximum Gasteiger partial charge on any atom is 0.0247 e. The van der Waals surface area contributed by atoms with Gasteiger partial charge < -0.3 is 10.6 Å². The van der Waals surface area contributed by atoms with Crippen LogP contribution in [-0.4, -0.2) is 54.6 Å². The van der Waals surface area contributed by atoms with E-state index < -0.39 is 0 Å². The molecule has 90 valence electrons. The molecule has 0 saturated carbocycles. The Bertz CT molecular complexity index is 196. The smallest absolute Gasteiger partial charge is 0.0247 e. The topological polar surface area (TPSA) is 32.5 Å². The third-order valence-corrected chi connectivity index (χ3v) is 3.12. The second-order valence-corrected chi connectivity index (χ2v) is 6.03. The lowest BCUT2D eigenvalue weighted by Gasteiger charge is -2.44. The van der Waals surface area contributed by atoms with Gasteiger partial charge >= 0.3 is 0 Å². The number of rotatable bonds is 3. The maximum atomic E-state index is 6.11. The fraction of sp³-hybridized carbons (Fsp3) is 1.00. The summed E-state index contributed by atoms with van der Waals surface area (Å²) in [6, 6.07) is 0.659. The van der Waals surface area contributed by atoms with Crippen molar-refractivity contribution >= 4 is 0 Å². The molecule has 15 heavy (non-hydrogen) atoms. The zero-order valence-corrected chi connectivity index (χ0v) is 11.0. The Balaban J connectivity index is 2.61. The van der Waals surface area contributed by atoms with Crippen LogP contribution in [0.3, 0.4) is 0 Å². The molecule has 0 aromatic carbocycles. The summed E-state index contributed by atoms with van der Waals surface area (Å²) in [6.45, 7) is 13.3. The second-order valence-electron chi connectivity index (χ2n) is 6.03. The van der Waals surface area contributed by atoms with E-state index in [2.05, 4.69) is 44.5 Å². The number of hydrogen-bond donors (Lipinski definition) is 1. The molecule has 3 heteroatoms. The van der Waals surface area contributed by atoms with Crippen LogP contribution in [0.15, 0.2) is 0 Å². The zero-order chi connectivity index (χ0) is 11.6. The molecule has 0 radical (unpaired) electrons. The van der Waals surface area contributed by atoms with E-state index in [9.17, 15) is 0 Å². The molecule has 0 aromatic rings. The number of nitrogens with zero attached hydrogens (tertiary/aromatic N) is 2. The molecule has 0 bridgehead atoms. The lowest BCUT2D eigenvalue weighted by molar-refractivity contribution is 0.0497. The van der Waals surface area contributed by atoms with Gasteiger partial charge in [-0.15, -0.1) is 0 Å². The molecule has 0 amide bonds. The van der Waals surface area contributed by atoms with Crippen molar-refractivity contribution in [3.05, 3.63) is 0 Å². The van der Waals surface area contributed by atoms with Gasteiger partial charge in [-0.1, -0.05) is 13.8 Å². The summed E-state index contributed by atoms with van der Waals surface area (Å²) in [5, 5.41) is 0. The summed E-state index contributed by atoms with van der Waals surface area (Å²) in [4.78, 5) is 4.98. The average Bonchev–Trinajstić information content (AvgIpc) is 2.05. The van der Waals surface area contributed by atoms with Crippen molar-refractivity contribution < 1.29 is 0 Å². The number of hydrogen-bond acceptors (Lipinski definition) is 3. The van der Waals surface area contributed by atoms with E-state index in [1.807, 2.05) is 0 Å². The minimum Gasteiger partial charge on any atom is -0.324 e. The highest BCUT2D eigenvalue weighted by Gasteiger charge is 2.30. The largest absolute Gasteiger partial charge is 0.324 e. The van der Waals surface area contributed by atoms with E-state index in [4.69, 9.17) is 5.73 Å². The van der Waals surface area contributed by atoms with Gasteiger partial charge in [-0.05, 0) is 26.8 Å². The fourth-order valence-electron chi connectivity index (χ4n) is 2.34. The van der Waals surface area contributed by atoms with E-state index in [0.717, 1.165) is 13.1 Å². The predicted molar refractivity (Wildman–Crippen MR) is 66.0 cm³/mol. The normalized spacial score (nSPS) is 26.2. The van der Waals surface area contributed by atoms with E-state index >= 15 is 0 Å². The first-order chi connectivity index (χ1) is 6.79. The van der Waals surface area contributed by atoms with E-state index in [1.165, 1.54) is 13.1 Å². The molecular weight excluding hydrogens is 186 g/mol. The molecule has 0 spiro atoms. The molecular formula is C12H27N3. The summed E-state index contributed by atoms with van der Waals surface area (Å²) in [5.74, 6) is 0.704. The van der Waals surface area contributed by atoms with Gasteiger partial charge in [0.1, 0.15) is 0 Å². The first-order valence-electron chi connectivity index (χ1n) is 6.01. The van der Waals surface area contributed by atoms with E-state index in [1.54, 1.807) is 0 Å². The van der Waals surface area contributed by atoms with Crippen LogP contribution in [0.2, 0.25) is 0 Å². The van der Waals surface area contributed by atoms with Crippen molar-refractivity contribution in [1.82, 2.24) is 9.80 Å². The quantitative estimate of drug-likeness (QED) is 0.759. The molecule has 1 saturated heterocycles. The van der Waals surface area contributed by atoms with Crippen LogP contribution in [0.25, 0.3) is 0 Å². The summed E-state index contributed by atoms with van der Waals surface area (Å²) in [7, 11) is 2.21. The highest BCUT2D eigenvalue weighted by Crippen LogP contribution is 2.18. The van der Waals surface area contributed by atoms with E-state index in [0.29, 0.717) is 12.0 Å². The SMILES string of the molecule is CC(C)C1CN(C)CCN1CC(C)(C)N. The van der Waals surface area contributed by atoms with Gasteiger partial charge in [-0.25, -0.2) is 0 Å². The van der Waals surface area contributed by atoms with Gasteiger partial charge in [-0.3, -0.25) is 4.90 Å². The van der Waals surface area contributed by atoms with Crippen molar-refractivity contribution in [2.75, 3.05) is 33.2 Å². The molecule has 0 aromatic heterocycles. The molecule has 2 N–H and O–H groups in total. The molecule has 1 rings (SSSR count). The van der Waals surface area contributed by atoms with Crippen LogP contribution in [0.5, 0.6) is 0 Å². The van der Waals surface area contributed by atoms with Crippen molar-refractivity contribution in [1.29, 1.82) is 0 Å². The summed E-state index contributed by atoms with van der Waals surface area (Å²) in [5.41, 5.74) is 6.03.